The minimum absolute atomic E-state index is 0.0493. The van der Waals surface area contributed by atoms with Gasteiger partial charge in [0.1, 0.15) is 0 Å². The minimum atomic E-state index is -0.160. The van der Waals surface area contributed by atoms with Crippen LogP contribution in [0.25, 0.3) is 10.9 Å². The van der Waals surface area contributed by atoms with E-state index < -0.39 is 0 Å². The van der Waals surface area contributed by atoms with Gasteiger partial charge in [0.05, 0.1) is 10.9 Å². The first-order chi connectivity index (χ1) is 13.6. The maximum Gasteiger partial charge on any atom is 0.262 e. The first-order valence-electron chi connectivity index (χ1n) is 9.63. The van der Waals surface area contributed by atoms with E-state index in [1.54, 1.807) is 6.07 Å². The number of benzene rings is 2. The van der Waals surface area contributed by atoms with Gasteiger partial charge in [0.15, 0.2) is 4.77 Å². The summed E-state index contributed by atoms with van der Waals surface area (Å²) in [6.07, 6.45) is 3.59. The fourth-order valence-electron chi connectivity index (χ4n) is 3.93. The first kappa shape index (κ1) is 18.6. The summed E-state index contributed by atoms with van der Waals surface area (Å²) in [5.41, 5.74) is 1.89. The standard InChI is InChI=1S/C22H23N3O2S/c26-19(23-15-22(12-6-13-22)16-7-2-1-3-8-16)11-14-25-20(27)17-9-4-5-10-18(17)24-21(25)28/h1-5,7-10H,6,11-15H2,(H,23,26)(H,24,28). The van der Waals surface area contributed by atoms with Crippen LogP contribution in [0.2, 0.25) is 0 Å². The average Bonchev–Trinajstić information content (AvgIpc) is 2.68. The second-order valence-corrected chi connectivity index (χ2v) is 7.85. The molecule has 1 saturated carbocycles. The SMILES string of the molecule is O=C(CCn1c(=S)[nH]c2ccccc2c1=O)NCC1(c2ccccc2)CCC1. The maximum absolute atomic E-state index is 12.7. The molecular weight excluding hydrogens is 370 g/mol. The first-order valence-corrected chi connectivity index (χ1v) is 10.0. The smallest absolute Gasteiger partial charge is 0.262 e. The number of H-pyrrole nitrogens is 1. The van der Waals surface area contributed by atoms with E-state index in [9.17, 15) is 9.59 Å². The zero-order valence-electron chi connectivity index (χ0n) is 15.6. The van der Waals surface area contributed by atoms with Gasteiger partial charge in [-0.1, -0.05) is 48.9 Å². The molecule has 0 saturated heterocycles. The molecule has 0 bridgehead atoms. The number of rotatable bonds is 6. The molecule has 28 heavy (non-hydrogen) atoms. The van der Waals surface area contributed by atoms with Gasteiger partial charge in [0.25, 0.3) is 5.56 Å². The van der Waals surface area contributed by atoms with E-state index in [0.29, 0.717) is 22.2 Å². The van der Waals surface area contributed by atoms with E-state index >= 15 is 0 Å². The summed E-state index contributed by atoms with van der Waals surface area (Å²) in [5, 5.41) is 3.65. The lowest BCUT2D eigenvalue weighted by atomic mass is 9.64. The molecular formula is C22H23N3O2S. The summed E-state index contributed by atoms with van der Waals surface area (Å²) in [4.78, 5) is 28.2. The van der Waals surface area contributed by atoms with Crippen LogP contribution in [0.4, 0.5) is 0 Å². The van der Waals surface area contributed by atoms with Crippen LogP contribution < -0.4 is 10.9 Å². The number of nitrogens with one attached hydrogen (secondary N) is 2. The Morgan fingerprint density at radius 3 is 2.54 bits per heavy atom. The van der Waals surface area contributed by atoms with Gasteiger partial charge in [-0.05, 0) is 42.8 Å². The van der Waals surface area contributed by atoms with Gasteiger partial charge >= 0.3 is 0 Å². The van der Waals surface area contributed by atoms with E-state index in [2.05, 4.69) is 22.4 Å². The molecule has 5 nitrogen and oxygen atoms in total. The molecule has 0 atom stereocenters. The molecule has 1 aliphatic rings. The van der Waals surface area contributed by atoms with Crippen LogP contribution in [0.5, 0.6) is 0 Å². The Balaban J connectivity index is 1.42. The second-order valence-electron chi connectivity index (χ2n) is 7.46. The number of carbonyl (C=O) groups excluding carboxylic acids is 1. The van der Waals surface area contributed by atoms with Gasteiger partial charge in [-0.25, -0.2) is 0 Å². The molecule has 1 heterocycles. The molecule has 1 fully saturated rings. The molecule has 3 aromatic rings. The highest BCUT2D eigenvalue weighted by Crippen LogP contribution is 2.43. The van der Waals surface area contributed by atoms with E-state index in [0.717, 1.165) is 12.8 Å². The topological polar surface area (TPSA) is 66.9 Å². The van der Waals surface area contributed by atoms with Crippen LogP contribution in [0, 0.1) is 4.77 Å². The molecule has 6 heteroatoms. The Morgan fingerprint density at radius 1 is 1.11 bits per heavy atom. The summed E-state index contributed by atoms with van der Waals surface area (Å²) in [6.45, 7) is 0.901. The van der Waals surface area contributed by atoms with Crippen molar-refractivity contribution >= 4 is 29.0 Å². The van der Waals surface area contributed by atoms with Crippen molar-refractivity contribution in [2.24, 2.45) is 0 Å². The molecule has 4 rings (SSSR count). The Morgan fingerprint density at radius 2 is 1.82 bits per heavy atom. The van der Waals surface area contributed by atoms with Crippen molar-refractivity contribution in [3.8, 4) is 0 Å². The van der Waals surface area contributed by atoms with Crippen LogP contribution in [-0.4, -0.2) is 22.0 Å². The average molecular weight is 394 g/mol. The Hall–Kier alpha value is -2.73. The number of para-hydroxylation sites is 1. The summed E-state index contributed by atoms with van der Waals surface area (Å²) in [6, 6.07) is 17.6. The third kappa shape index (κ3) is 3.52. The highest BCUT2D eigenvalue weighted by Gasteiger charge is 2.38. The van der Waals surface area contributed by atoms with Crippen LogP contribution >= 0.6 is 12.2 Å². The zero-order valence-corrected chi connectivity index (χ0v) is 16.4. The second kappa shape index (κ2) is 7.72. The van der Waals surface area contributed by atoms with Gasteiger partial charge in [-0.3, -0.25) is 14.2 Å². The van der Waals surface area contributed by atoms with Crippen molar-refractivity contribution in [3.63, 3.8) is 0 Å². The minimum Gasteiger partial charge on any atom is -0.355 e. The molecule has 144 valence electrons. The quantitative estimate of drug-likeness (QED) is 0.628. The van der Waals surface area contributed by atoms with Gasteiger partial charge in [0.2, 0.25) is 5.91 Å². The number of aromatic nitrogens is 2. The maximum atomic E-state index is 12.7. The summed E-state index contributed by atoms with van der Waals surface area (Å²) in [7, 11) is 0. The van der Waals surface area contributed by atoms with Crippen molar-refractivity contribution in [1.29, 1.82) is 0 Å². The van der Waals surface area contributed by atoms with Crippen LogP contribution in [-0.2, 0) is 16.8 Å². The molecule has 1 aliphatic carbocycles. The normalized spacial score (nSPS) is 15.1. The number of amides is 1. The van der Waals surface area contributed by atoms with Gasteiger partial charge in [-0.15, -0.1) is 0 Å². The van der Waals surface area contributed by atoms with E-state index in [4.69, 9.17) is 12.2 Å². The number of hydrogen-bond donors (Lipinski definition) is 2. The molecule has 2 aromatic carbocycles. The molecule has 1 aromatic heterocycles. The lowest BCUT2D eigenvalue weighted by Crippen LogP contribution is -2.45. The Kier molecular flexibility index (Phi) is 5.13. The number of carbonyl (C=O) groups is 1. The highest BCUT2D eigenvalue weighted by atomic mass is 32.1. The van der Waals surface area contributed by atoms with Crippen molar-refractivity contribution in [3.05, 3.63) is 75.3 Å². The van der Waals surface area contributed by atoms with Crippen molar-refractivity contribution < 1.29 is 4.79 Å². The van der Waals surface area contributed by atoms with Crippen LogP contribution in [0.3, 0.4) is 0 Å². The van der Waals surface area contributed by atoms with Gasteiger partial charge in [-0.2, -0.15) is 0 Å². The predicted molar refractivity (Wildman–Crippen MR) is 113 cm³/mol. The summed E-state index contributed by atoms with van der Waals surface area (Å²) < 4.78 is 1.81. The molecule has 0 unspecified atom stereocenters. The lowest BCUT2D eigenvalue weighted by molar-refractivity contribution is -0.121. The number of hydrogen-bond acceptors (Lipinski definition) is 3. The number of nitrogens with zero attached hydrogens (tertiary/aromatic N) is 1. The molecule has 0 spiro atoms. The lowest BCUT2D eigenvalue weighted by Gasteiger charge is -2.42. The highest BCUT2D eigenvalue weighted by molar-refractivity contribution is 7.71. The summed E-state index contributed by atoms with van der Waals surface area (Å²) in [5.74, 6) is -0.0586. The molecule has 1 amide bonds. The fraction of sp³-hybridized carbons (Fsp3) is 0.318. The van der Waals surface area contributed by atoms with E-state index in [1.807, 2.05) is 36.4 Å². The van der Waals surface area contributed by atoms with Crippen LogP contribution in [0.15, 0.2) is 59.4 Å². The fourth-order valence-corrected chi connectivity index (χ4v) is 4.22. The van der Waals surface area contributed by atoms with Crippen LogP contribution in [0.1, 0.15) is 31.2 Å². The molecule has 0 aliphatic heterocycles. The summed E-state index contributed by atoms with van der Waals surface area (Å²) >= 11 is 5.31. The predicted octanol–water partition coefficient (Wildman–Crippen LogP) is 3.69. The van der Waals surface area contributed by atoms with E-state index in [-0.39, 0.29) is 29.8 Å². The number of aromatic amines is 1. The third-order valence-electron chi connectivity index (χ3n) is 5.77. The van der Waals surface area contributed by atoms with Crippen molar-refractivity contribution in [2.75, 3.05) is 6.54 Å². The zero-order chi connectivity index (χ0) is 19.6. The molecule has 2 N–H and O–H groups in total. The molecule has 0 radical (unpaired) electrons. The Labute approximate surface area is 168 Å². The van der Waals surface area contributed by atoms with Gasteiger partial charge in [0, 0.05) is 24.9 Å². The largest absolute Gasteiger partial charge is 0.355 e. The third-order valence-corrected chi connectivity index (χ3v) is 6.10. The Bertz CT molecular complexity index is 1110. The van der Waals surface area contributed by atoms with Crippen molar-refractivity contribution in [1.82, 2.24) is 14.9 Å². The monoisotopic (exact) mass is 393 g/mol. The van der Waals surface area contributed by atoms with Gasteiger partial charge < -0.3 is 10.3 Å². The van der Waals surface area contributed by atoms with E-state index in [1.165, 1.54) is 16.6 Å². The van der Waals surface area contributed by atoms with Crippen molar-refractivity contribution in [2.45, 2.75) is 37.6 Å². The number of fused-ring (bicyclic) bond motifs is 1.